The van der Waals surface area contributed by atoms with Crippen LogP contribution >= 0.6 is 23.2 Å². The number of carbonyl (C=O) groups is 2. The molecule has 11 heteroatoms. The van der Waals surface area contributed by atoms with Gasteiger partial charge in [0.1, 0.15) is 5.60 Å². The summed E-state index contributed by atoms with van der Waals surface area (Å²) in [6, 6.07) is 20.2. The van der Waals surface area contributed by atoms with Crippen molar-refractivity contribution >= 4 is 35.3 Å². The van der Waals surface area contributed by atoms with Crippen LogP contribution in [0.2, 0.25) is 10.0 Å². The van der Waals surface area contributed by atoms with E-state index >= 15 is 0 Å². The molecule has 0 aliphatic carbocycles. The summed E-state index contributed by atoms with van der Waals surface area (Å²) in [6.45, 7) is 7.76. The van der Waals surface area contributed by atoms with Gasteiger partial charge in [-0.25, -0.2) is 9.59 Å². The highest BCUT2D eigenvalue weighted by Crippen LogP contribution is 2.32. The molecule has 0 saturated carbocycles. The first-order chi connectivity index (χ1) is 22.9. The van der Waals surface area contributed by atoms with E-state index in [1.165, 1.54) is 0 Å². The lowest BCUT2D eigenvalue weighted by atomic mass is 9.99. The molecule has 0 spiro atoms. The number of rotatable bonds is 8. The molecular weight excluding hydrogens is 649 g/mol. The maximum Gasteiger partial charge on any atom is 0.410 e. The SMILES string of the molecule is CC(C)(C)OC(=O)N(Cc1ccc(Cl)cc1)Cc1ccc(C#Cc2cc(-c3nn(CCCO)c4c3CN(C(N)=O)CC4)ccc2Cl)cc1. The number of aliphatic hydroxyl groups excluding tert-OH is 1. The summed E-state index contributed by atoms with van der Waals surface area (Å²) >= 11 is 12.6. The predicted octanol–water partition coefficient (Wildman–Crippen LogP) is 7.01. The molecule has 0 radical (unpaired) electrons. The molecule has 2 heterocycles. The van der Waals surface area contributed by atoms with E-state index < -0.39 is 17.7 Å². The summed E-state index contributed by atoms with van der Waals surface area (Å²) in [4.78, 5) is 28.3. The summed E-state index contributed by atoms with van der Waals surface area (Å²) in [5, 5.41) is 15.4. The number of primary amides is 1. The first-order valence-electron chi connectivity index (χ1n) is 15.8. The van der Waals surface area contributed by atoms with Gasteiger partial charge >= 0.3 is 12.1 Å². The van der Waals surface area contributed by atoms with Gasteiger partial charge in [0.25, 0.3) is 0 Å². The van der Waals surface area contributed by atoms with Crippen molar-refractivity contribution in [1.29, 1.82) is 0 Å². The molecule has 5 rings (SSSR count). The van der Waals surface area contributed by atoms with Gasteiger partial charge in [0.2, 0.25) is 0 Å². The number of nitrogens with zero attached hydrogens (tertiary/aromatic N) is 4. The second kappa shape index (κ2) is 15.2. The summed E-state index contributed by atoms with van der Waals surface area (Å²) < 4.78 is 7.60. The van der Waals surface area contributed by atoms with Gasteiger partial charge in [-0.3, -0.25) is 9.58 Å². The van der Waals surface area contributed by atoms with E-state index in [1.54, 1.807) is 28.0 Å². The fraction of sp³-hybridized carbons (Fsp3) is 0.324. The average molecular weight is 689 g/mol. The molecule has 1 aromatic heterocycles. The fourth-order valence-corrected chi connectivity index (χ4v) is 5.75. The fourth-order valence-electron chi connectivity index (χ4n) is 5.46. The Labute approximate surface area is 291 Å². The number of halogens is 2. The van der Waals surface area contributed by atoms with Gasteiger partial charge in [-0.05, 0) is 74.7 Å². The first-order valence-corrected chi connectivity index (χ1v) is 16.5. The quantitative estimate of drug-likeness (QED) is 0.193. The van der Waals surface area contributed by atoms with Crippen LogP contribution in [-0.2, 0) is 37.3 Å². The Morgan fingerprint density at radius 1 is 1.00 bits per heavy atom. The van der Waals surface area contributed by atoms with Crippen LogP contribution in [0.3, 0.4) is 0 Å². The van der Waals surface area contributed by atoms with Crippen LogP contribution in [0.15, 0.2) is 66.7 Å². The van der Waals surface area contributed by atoms with Gasteiger partial charge < -0.3 is 20.5 Å². The van der Waals surface area contributed by atoms with Crippen molar-refractivity contribution in [3.8, 4) is 23.1 Å². The number of urea groups is 1. The van der Waals surface area contributed by atoms with Crippen molar-refractivity contribution in [2.24, 2.45) is 5.73 Å². The summed E-state index contributed by atoms with van der Waals surface area (Å²) in [6.07, 6.45) is 0.798. The molecule has 0 saturated heterocycles. The van der Waals surface area contributed by atoms with E-state index in [0.29, 0.717) is 61.2 Å². The van der Waals surface area contributed by atoms with Crippen molar-refractivity contribution in [3.63, 3.8) is 0 Å². The lowest BCUT2D eigenvalue weighted by molar-refractivity contribution is 0.0216. The van der Waals surface area contributed by atoms with Crippen LogP contribution < -0.4 is 5.73 Å². The zero-order chi connectivity index (χ0) is 34.4. The Balaban J connectivity index is 1.36. The van der Waals surface area contributed by atoms with Gasteiger partial charge in [-0.2, -0.15) is 5.10 Å². The third kappa shape index (κ3) is 8.90. The van der Waals surface area contributed by atoms with Gasteiger partial charge in [-0.15, -0.1) is 0 Å². The molecule has 250 valence electrons. The van der Waals surface area contributed by atoms with Crippen LogP contribution in [0, 0.1) is 11.8 Å². The van der Waals surface area contributed by atoms with Crippen molar-refractivity contribution < 1.29 is 19.4 Å². The molecule has 1 aliphatic rings. The predicted molar refractivity (Wildman–Crippen MR) is 187 cm³/mol. The number of amides is 3. The Hall–Kier alpha value is -4.49. The van der Waals surface area contributed by atoms with Gasteiger partial charge in [0.15, 0.2) is 0 Å². The molecule has 0 bridgehead atoms. The van der Waals surface area contributed by atoms with E-state index in [0.717, 1.165) is 39.2 Å². The van der Waals surface area contributed by atoms with E-state index in [2.05, 4.69) is 11.8 Å². The highest BCUT2D eigenvalue weighted by molar-refractivity contribution is 6.31. The molecule has 4 aromatic rings. The zero-order valence-corrected chi connectivity index (χ0v) is 28.8. The van der Waals surface area contributed by atoms with Crippen LogP contribution in [-0.4, -0.2) is 55.6 Å². The van der Waals surface area contributed by atoms with Crippen molar-refractivity contribution in [1.82, 2.24) is 19.6 Å². The van der Waals surface area contributed by atoms with Crippen LogP contribution in [0.1, 0.15) is 60.7 Å². The third-order valence-electron chi connectivity index (χ3n) is 7.82. The minimum atomic E-state index is -0.628. The van der Waals surface area contributed by atoms with Crippen molar-refractivity contribution in [2.75, 3.05) is 13.2 Å². The molecule has 3 aromatic carbocycles. The minimum Gasteiger partial charge on any atom is -0.444 e. The second-order valence-corrected chi connectivity index (χ2v) is 13.5. The minimum absolute atomic E-state index is 0.0600. The number of nitrogens with two attached hydrogens (primary N) is 1. The Morgan fingerprint density at radius 3 is 2.29 bits per heavy atom. The van der Waals surface area contributed by atoms with Gasteiger partial charge in [-0.1, -0.05) is 65.4 Å². The molecule has 48 heavy (non-hydrogen) atoms. The molecule has 0 atom stereocenters. The second-order valence-electron chi connectivity index (χ2n) is 12.7. The van der Waals surface area contributed by atoms with Crippen LogP contribution in [0.25, 0.3) is 11.3 Å². The molecule has 1 aliphatic heterocycles. The van der Waals surface area contributed by atoms with Crippen LogP contribution in [0.5, 0.6) is 0 Å². The number of ether oxygens (including phenoxy) is 1. The smallest absolute Gasteiger partial charge is 0.410 e. The summed E-state index contributed by atoms with van der Waals surface area (Å²) in [5.74, 6) is 6.40. The number of aliphatic hydroxyl groups is 1. The monoisotopic (exact) mass is 687 g/mol. The maximum atomic E-state index is 13.1. The maximum absolute atomic E-state index is 13.1. The van der Waals surface area contributed by atoms with E-state index in [9.17, 15) is 14.7 Å². The summed E-state index contributed by atoms with van der Waals surface area (Å²) in [7, 11) is 0. The Bertz CT molecular complexity index is 1840. The molecular formula is C37H39Cl2N5O4. The molecule has 9 nitrogen and oxygen atoms in total. The van der Waals surface area contributed by atoms with Gasteiger partial charge in [0, 0.05) is 72.2 Å². The number of hydrogen-bond acceptors (Lipinski definition) is 5. The zero-order valence-electron chi connectivity index (χ0n) is 27.3. The Morgan fingerprint density at radius 2 is 1.67 bits per heavy atom. The van der Waals surface area contributed by atoms with Crippen LogP contribution in [0.4, 0.5) is 9.59 Å². The number of fused-ring (bicyclic) bond motifs is 1. The third-order valence-corrected chi connectivity index (χ3v) is 8.40. The largest absolute Gasteiger partial charge is 0.444 e. The highest BCUT2D eigenvalue weighted by Gasteiger charge is 2.27. The van der Waals surface area contributed by atoms with Gasteiger partial charge in [0.05, 0.1) is 17.3 Å². The van der Waals surface area contributed by atoms with E-state index in [1.807, 2.05) is 74.0 Å². The molecule has 0 unspecified atom stereocenters. The lowest BCUT2D eigenvalue weighted by Crippen LogP contribution is -2.39. The molecule has 3 amide bonds. The lowest BCUT2D eigenvalue weighted by Gasteiger charge is -2.27. The Kier molecular flexibility index (Phi) is 11.0. The number of aryl methyl sites for hydroxylation is 1. The van der Waals surface area contributed by atoms with Crippen molar-refractivity contribution in [3.05, 3.63) is 110 Å². The highest BCUT2D eigenvalue weighted by atomic mass is 35.5. The van der Waals surface area contributed by atoms with E-state index in [-0.39, 0.29) is 6.61 Å². The molecule has 3 N–H and O–H groups in total. The average Bonchev–Trinajstić information content (AvgIpc) is 3.41. The number of aromatic nitrogens is 2. The topological polar surface area (TPSA) is 114 Å². The number of benzene rings is 3. The standard InChI is InChI=1S/C37H39Cl2N5O4/c1-37(2,3)48-36(47)43(23-27-10-14-30(38)15-11-27)22-26-7-5-25(6-8-26)9-12-28-21-29(13-16-32(28)39)34-31-24-42(35(40)46)19-17-33(31)44(41-34)18-4-20-45/h5-8,10-11,13-16,21,45H,4,17-20,22-24H2,1-3H3,(H2,40,46). The van der Waals surface area contributed by atoms with Crippen molar-refractivity contribution in [2.45, 2.75) is 65.4 Å². The molecule has 0 fully saturated rings. The number of hydrogen-bond donors (Lipinski definition) is 2. The first kappa shape index (κ1) is 34.8. The normalized spacial score (nSPS) is 12.6. The summed E-state index contributed by atoms with van der Waals surface area (Å²) in [5.41, 5.74) is 11.8. The van der Waals surface area contributed by atoms with E-state index in [4.69, 9.17) is 38.8 Å². The number of carbonyl (C=O) groups excluding carboxylic acids is 2.